The van der Waals surface area contributed by atoms with Gasteiger partial charge in [-0.15, -0.1) is 0 Å². The van der Waals surface area contributed by atoms with E-state index in [-0.39, 0.29) is 18.8 Å². The Balaban J connectivity index is 5.13. The molecular weight excluding hydrogens is 333 g/mol. The number of rotatable bonds is 8. The Morgan fingerprint density at radius 3 is 1.87 bits per heavy atom. The number of alkyl halides is 7. The lowest BCUT2D eigenvalue weighted by atomic mass is 9.93. The maximum atomic E-state index is 13.3. The fourth-order valence-electron chi connectivity index (χ4n) is 1.78. The van der Waals surface area contributed by atoms with Crippen molar-refractivity contribution in [3.05, 3.63) is 0 Å². The van der Waals surface area contributed by atoms with Gasteiger partial charge in [0.25, 0.3) is 0 Å². The van der Waals surface area contributed by atoms with E-state index in [0.29, 0.717) is 12.8 Å². The molecule has 0 heterocycles. The third kappa shape index (κ3) is 5.24. The Morgan fingerprint density at radius 1 is 1.04 bits per heavy atom. The molecule has 0 aromatic rings. The van der Waals surface area contributed by atoms with Crippen LogP contribution in [-0.4, -0.2) is 29.6 Å². The van der Waals surface area contributed by atoms with Gasteiger partial charge in [0.15, 0.2) is 0 Å². The molecule has 0 spiro atoms. The van der Waals surface area contributed by atoms with E-state index < -0.39 is 29.6 Å². The van der Waals surface area contributed by atoms with Gasteiger partial charge in [0.1, 0.15) is 5.60 Å². The first kappa shape index (κ1) is 22.0. The molecular formula is C14H21F7O2. The highest BCUT2D eigenvalue weighted by Crippen LogP contribution is 2.47. The number of ether oxygens (including phenoxy) is 1. The highest BCUT2D eigenvalue weighted by molar-refractivity contribution is 5.79. The van der Waals surface area contributed by atoms with Crippen molar-refractivity contribution in [1.82, 2.24) is 0 Å². The summed E-state index contributed by atoms with van der Waals surface area (Å²) in [5.41, 5.74) is -1.53. The lowest BCUT2D eigenvalue weighted by molar-refractivity contribution is -0.350. The van der Waals surface area contributed by atoms with Gasteiger partial charge in [0.05, 0.1) is 0 Å². The number of halogens is 7. The van der Waals surface area contributed by atoms with E-state index in [1.807, 2.05) is 13.8 Å². The van der Waals surface area contributed by atoms with E-state index >= 15 is 0 Å². The van der Waals surface area contributed by atoms with Gasteiger partial charge in [-0.2, -0.15) is 30.7 Å². The molecule has 0 aromatic carbocycles. The van der Waals surface area contributed by atoms with Crippen LogP contribution in [0.5, 0.6) is 0 Å². The fraction of sp³-hybridized carbons (Fsp3) is 0.929. The van der Waals surface area contributed by atoms with Crippen molar-refractivity contribution >= 4 is 5.97 Å². The minimum atomic E-state index is -6.56. The molecule has 0 aromatic heterocycles. The van der Waals surface area contributed by atoms with Crippen LogP contribution in [0.3, 0.4) is 0 Å². The summed E-state index contributed by atoms with van der Waals surface area (Å²) >= 11 is 0. The Bertz CT molecular complexity index is 404. The molecule has 1 atom stereocenters. The molecule has 0 saturated carbocycles. The first-order valence-electron chi connectivity index (χ1n) is 7.16. The summed E-state index contributed by atoms with van der Waals surface area (Å²) < 4.78 is 92.7. The number of hydrogen-bond acceptors (Lipinski definition) is 2. The number of carbonyl (C=O) groups is 1. The summed E-state index contributed by atoms with van der Waals surface area (Å²) in [7, 11) is 0. The molecule has 0 amide bonds. The molecule has 23 heavy (non-hydrogen) atoms. The molecule has 0 aliphatic heterocycles. The third-order valence-corrected chi connectivity index (χ3v) is 3.58. The van der Waals surface area contributed by atoms with Crippen molar-refractivity contribution in [3.63, 3.8) is 0 Å². The SMILES string of the molecule is CCC(C)(CCCC(C)C)OC(=O)C(F)(F)C(F)(F)C(F)(F)F. The average Bonchev–Trinajstić information content (AvgIpc) is 2.36. The normalized spacial score (nSPS) is 16.3. The van der Waals surface area contributed by atoms with E-state index in [0.717, 1.165) is 0 Å². The smallest absolute Gasteiger partial charge is 0.455 e. The zero-order valence-corrected chi connectivity index (χ0v) is 13.4. The quantitative estimate of drug-likeness (QED) is 0.433. The van der Waals surface area contributed by atoms with E-state index in [2.05, 4.69) is 4.74 Å². The Labute approximate surface area is 130 Å². The summed E-state index contributed by atoms with van der Waals surface area (Å²) in [6.07, 6.45) is -5.35. The van der Waals surface area contributed by atoms with E-state index in [4.69, 9.17) is 0 Å². The van der Waals surface area contributed by atoms with Gasteiger partial charge in [0, 0.05) is 0 Å². The van der Waals surface area contributed by atoms with Crippen LogP contribution < -0.4 is 0 Å². The summed E-state index contributed by atoms with van der Waals surface area (Å²) in [5.74, 6) is -15.1. The first-order valence-corrected chi connectivity index (χ1v) is 7.16. The van der Waals surface area contributed by atoms with E-state index in [1.54, 1.807) is 0 Å². The van der Waals surface area contributed by atoms with Crippen LogP contribution in [0, 0.1) is 5.92 Å². The third-order valence-electron chi connectivity index (χ3n) is 3.58. The predicted octanol–water partition coefficient (Wildman–Crippen LogP) is 5.36. The largest absolute Gasteiger partial charge is 0.460 e. The summed E-state index contributed by atoms with van der Waals surface area (Å²) in [6.45, 7) is 6.48. The zero-order valence-electron chi connectivity index (χ0n) is 13.4. The molecule has 9 heteroatoms. The van der Waals surface area contributed by atoms with Crippen LogP contribution in [0.25, 0.3) is 0 Å². The molecule has 2 nitrogen and oxygen atoms in total. The van der Waals surface area contributed by atoms with Crippen LogP contribution in [-0.2, 0) is 9.53 Å². The maximum Gasteiger partial charge on any atom is 0.460 e. The van der Waals surface area contributed by atoms with Crippen LogP contribution >= 0.6 is 0 Å². The van der Waals surface area contributed by atoms with Crippen molar-refractivity contribution < 1.29 is 40.3 Å². The van der Waals surface area contributed by atoms with Gasteiger partial charge in [-0.05, 0) is 32.1 Å². The Kier molecular flexibility index (Phi) is 6.93. The second kappa shape index (κ2) is 7.25. The second-order valence-electron chi connectivity index (χ2n) is 6.13. The van der Waals surface area contributed by atoms with Crippen molar-refractivity contribution in [2.45, 2.75) is 77.0 Å². The topological polar surface area (TPSA) is 26.3 Å². The molecule has 0 bridgehead atoms. The van der Waals surface area contributed by atoms with Crippen molar-refractivity contribution in [1.29, 1.82) is 0 Å². The summed E-state index contributed by atoms with van der Waals surface area (Å²) in [4.78, 5) is 11.3. The number of carbonyl (C=O) groups excluding carboxylic acids is 1. The number of esters is 1. The Morgan fingerprint density at radius 2 is 1.52 bits per heavy atom. The second-order valence-corrected chi connectivity index (χ2v) is 6.13. The lowest BCUT2D eigenvalue weighted by Crippen LogP contribution is -2.57. The fourth-order valence-corrected chi connectivity index (χ4v) is 1.78. The monoisotopic (exact) mass is 354 g/mol. The van der Waals surface area contributed by atoms with Gasteiger partial charge in [-0.3, -0.25) is 0 Å². The van der Waals surface area contributed by atoms with E-state index in [1.165, 1.54) is 13.8 Å². The molecule has 0 aliphatic carbocycles. The van der Waals surface area contributed by atoms with Gasteiger partial charge in [0.2, 0.25) is 0 Å². The predicted molar refractivity (Wildman–Crippen MR) is 69.4 cm³/mol. The molecule has 0 aliphatic rings. The van der Waals surface area contributed by atoms with Gasteiger partial charge in [-0.1, -0.05) is 27.2 Å². The molecule has 0 radical (unpaired) electrons. The molecule has 0 fully saturated rings. The molecule has 1 unspecified atom stereocenters. The van der Waals surface area contributed by atoms with Crippen LogP contribution in [0.1, 0.15) is 53.4 Å². The molecule has 0 N–H and O–H groups in total. The molecule has 0 rings (SSSR count). The minimum Gasteiger partial charge on any atom is -0.455 e. The lowest BCUT2D eigenvalue weighted by Gasteiger charge is -2.33. The average molecular weight is 354 g/mol. The zero-order chi connectivity index (χ0) is 18.7. The highest BCUT2D eigenvalue weighted by atomic mass is 19.4. The summed E-state index contributed by atoms with van der Waals surface area (Å²) in [5, 5.41) is 0. The maximum absolute atomic E-state index is 13.3. The van der Waals surface area contributed by atoms with Gasteiger partial charge >= 0.3 is 24.0 Å². The van der Waals surface area contributed by atoms with Gasteiger partial charge in [-0.25, -0.2) is 4.79 Å². The van der Waals surface area contributed by atoms with Crippen LogP contribution in [0.4, 0.5) is 30.7 Å². The molecule has 138 valence electrons. The van der Waals surface area contributed by atoms with Crippen LogP contribution in [0.15, 0.2) is 0 Å². The van der Waals surface area contributed by atoms with Crippen molar-refractivity contribution in [2.75, 3.05) is 0 Å². The van der Waals surface area contributed by atoms with Crippen molar-refractivity contribution in [3.8, 4) is 0 Å². The van der Waals surface area contributed by atoms with Crippen molar-refractivity contribution in [2.24, 2.45) is 5.92 Å². The highest BCUT2D eigenvalue weighted by Gasteiger charge is 2.77. The standard InChI is InChI=1S/C14H21F7O2/c1-5-11(4,8-6-7-9(2)3)23-10(22)12(15,16)13(17,18)14(19,20)21/h9H,5-8H2,1-4H3. The summed E-state index contributed by atoms with van der Waals surface area (Å²) in [6, 6.07) is 0. The Hall–Kier alpha value is -1.02. The minimum absolute atomic E-state index is 0.00447. The molecule has 0 saturated heterocycles. The van der Waals surface area contributed by atoms with Gasteiger partial charge < -0.3 is 4.74 Å². The number of hydrogen-bond donors (Lipinski definition) is 0. The first-order chi connectivity index (χ1) is 10.1. The van der Waals surface area contributed by atoms with Crippen LogP contribution in [0.2, 0.25) is 0 Å². The van der Waals surface area contributed by atoms with E-state index in [9.17, 15) is 35.5 Å².